The van der Waals surface area contributed by atoms with E-state index in [0.717, 1.165) is 4.90 Å². The van der Waals surface area contributed by atoms with Crippen molar-refractivity contribution in [3.8, 4) is 11.3 Å². The third-order valence-electron chi connectivity index (χ3n) is 4.73. The van der Waals surface area contributed by atoms with Crippen molar-refractivity contribution >= 4 is 52.6 Å². The predicted molar refractivity (Wildman–Crippen MR) is 120 cm³/mol. The number of rotatable bonds is 5. The van der Waals surface area contributed by atoms with E-state index in [0.29, 0.717) is 11.3 Å². The molecule has 11 heteroatoms. The van der Waals surface area contributed by atoms with Gasteiger partial charge in [-0.25, -0.2) is 4.79 Å². The second-order valence-corrected chi connectivity index (χ2v) is 7.21. The Labute approximate surface area is 190 Å². The quantitative estimate of drug-likeness (QED) is 0.193. The molecule has 1 aliphatic rings. The van der Waals surface area contributed by atoms with Crippen molar-refractivity contribution in [2.24, 2.45) is 0 Å². The number of thiocarbonyl (C=S) groups is 1. The maximum atomic E-state index is 13.0. The van der Waals surface area contributed by atoms with E-state index < -0.39 is 22.7 Å². The molecule has 0 radical (unpaired) electrons. The van der Waals surface area contributed by atoms with Crippen molar-refractivity contribution in [1.29, 1.82) is 0 Å². The first-order chi connectivity index (χ1) is 15.7. The molecule has 1 aliphatic heterocycles. The van der Waals surface area contributed by atoms with Gasteiger partial charge in [0.05, 0.1) is 16.2 Å². The molecule has 2 heterocycles. The zero-order valence-corrected chi connectivity index (χ0v) is 17.4. The van der Waals surface area contributed by atoms with E-state index in [4.69, 9.17) is 21.7 Å². The van der Waals surface area contributed by atoms with Gasteiger partial charge in [0.2, 0.25) is 0 Å². The van der Waals surface area contributed by atoms with Crippen LogP contribution in [0, 0.1) is 10.1 Å². The van der Waals surface area contributed by atoms with Crippen LogP contribution in [0.25, 0.3) is 17.4 Å². The third kappa shape index (κ3) is 4.25. The summed E-state index contributed by atoms with van der Waals surface area (Å²) in [6, 6.07) is 14.3. The number of hydrogen-bond donors (Lipinski definition) is 2. The van der Waals surface area contributed by atoms with Gasteiger partial charge in [0, 0.05) is 17.7 Å². The summed E-state index contributed by atoms with van der Waals surface area (Å²) in [6.45, 7) is 0. The van der Waals surface area contributed by atoms with Crippen molar-refractivity contribution in [3.05, 3.63) is 87.7 Å². The Hall–Kier alpha value is -4.64. The number of carboxylic acid groups (broad SMARTS) is 1. The fourth-order valence-corrected chi connectivity index (χ4v) is 3.43. The van der Waals surface area contributed by atoms with Gasteiger partial charge in [-0.05, 0) is 54.7 Å². The lowest BCUT2D eigenvalue weighted by atomic mass is 10.1. The summed E-state index contributed by atoms with van der Waals surface area (Å²) in [7, 11) is 0. The van der Waals surface area contributed by atoms with E-state index >= 15 is 0 Å². The molecule has 1 saturated heterocycles. The minimum absolute atomic E-state index is 0.0261. The van der Waals surface area contributed by atoms with Crippen LogP contribution in [-0.4, -0.2) is 32.9 Å². The third-order valence-corrected chi connectivity index (χ3v) is 5.01. The number of carbonyl (C=O) groups excluding carboxylic acids is 2. The number of nitrogens with zero attached hydrogens (tertiary/aromatic N) is 2. The molecule has 1 fully saturated rings. The number of carbonyl (C=O) groups is 3. The lowest BCUT2D eigenvalue weighted by Gasteiger charge is -2.28. The molecule has 164 valence electrons. The van der Waals surface area contributed by atoms with Gasteiger partial charge in [-0.2, -0.15) is 0 Å². The summed E-state index contributed by atoms with van der Waals surface area (Å²) in [5.74, 6) is -2.09. The summed E-state index contributed by atoms with van der Waals surface area (Å²) in [5.41, 5.74) is 0.389. The van der Waals surface area contributed by atoms with Crippen molar-refractivity contribution in [3.63, 3.8) is 0 Å². The highest BCUT2D eigenvalue weighted by Crippen LogP contribution is 2.28. The largest absolute Gasteiger partial charge is 0.478 e. The summed E-state index contributed by atoms with van der Waals surface area (Å²) in [4.78, 5) is 48.1. The highest BCUT2D eigenvalue weighted by Gasteiger charge is 2.34. The monoisotopic (exact) mass is 463 g/mol. The molecule has 0 unspecified atom stereocenters. The Kier molecular flexibility index (Phi) is 5.54. The number of nitrogens with one attached hydrogen (secondary N) is 1. The molecule has 10 nitrogen and oxygen atoms in total. The lowest BCUT2D eigenvalue weighted by Crippen LogP contribution is -2.54. The summed E-state index contributed by atoms with van der Waals surface area (Å²) in [5, 5.41) is 22.3. The molecule has 1 aromatic heterocycles. The number of carboxylic acids is 1. The maximum Gasteiger partial charge on any atom is 0.335 e. The van der Waals surface area contributed by atoms with Gasteiger partial charge in [-0.15, -0.1) is 0 Å². The van der Waals surface area contributed by atoms with Crippen LogP contribution in [-0.2, 0) is 9.59 Å². The number of non-ortho nitro benzene ring substituents is 1. The second-order valence-electron chi connectivity index (χ2n) is 6.82. The van der Waals surface area contributed by atoms with Crippen LogP contribution in [0.3, 0.4) is 0 Å². The standard InChI is InChI=1S/C22H13N3O7S/c26-19-17(11-16-8-9-18(32-16)13-2-1-3-15(10-13)25(30)31)20(27)24(22(33)23-19)14-6-4-12(5-7-14)21(28)29/h1-11H,(H,28,29)(H,23,26,33)/b17-11+. The SMILES string of the molecule is O=C1NC(=S)N(c2ccc(C(=O)O)cc2)C(=O)/C1=C/c1ccc(-c2cccc([N+](=O)[O-])c2)o1. The maximum absolute atomic E-state index is 13.0. The van der Waals surface area contributed by atoms with E-state index in [1.165, 1.54) is 54.6 Å². The lowest BCUT2D eigenvalue weighted by molar-refractivity contribution is -0.384. The first kappa shape index (κ1) is 21.6. The molecule has 2 N–H and O–H groups in total. The molecule has 2 amide bonds. The van der Waals surface area contributed by atoms with Crippen LogP contribution in [0.4, 0.5) is 11.4 Å². The molecule has 4 rings (SSSR count). The summed E-state index contributed by atoms with van der Waals surface area (Å²) < 4.78 is 5.67. The zero-order valence-electron chi connectivity index (χ0n) is 16.6. The number of hydrogen-bond acceptors (Lipinski definition) is 7. The number of nitro benzene ring substituents is 1. The number of amides is 2. The summed E-state index contributed by atoms with van der Waals surface area (Å²) >= 11 is 5.12. The van der Waals surface area contributed by atoms with E-state index in [1.54, 1.807) is 12.1 Å². The van der Waals surface area contributed by atoms with Crippen LogP contribution >= 0.6 is 12.2 Å². The first-order valence-corrected chi connectivity index (χ1v) is 9.75. The second kappa shape index (κ2) is 8.48. The molecule has 0 atom stereocenters. The smallest absolute Gasteiger partial charge is 0.335 e. The highest BCUT2D eigenvalue weighted by molar-refractivity contribution is 7.80. The Morgan fingerprint density at radius 1 is 1.12 bits per heavy atom. The van der Waals surface area contributed by atoms with Crippen LogP contribution in [0.1, 0.15) is 16.1 Å². The number of furan rings is 1. The minimum atomic E-state index is -1.12. The van der Waals surface area contributed by atoms with Crippen LogP contribution < -0.4 is 10.2 Å². The Balaban J connectivity index is 1.65. The Bertz CT molecular complexity index is 1360. The van der Waals surface area contributed by atoms with Crippen molar-refractivity contribution in [1.82, 2.24) is 5.32 Å². The highest BCUT2D eigenvalue weighted by atomic mass is 32.1. The van der Waals surface area contributed by atoms with Gasteiger partial charge < -0.3 is 9.52 Å². The van der Waals surface area contributed by atoms with Crippen molar-refractivity contribution < 1.29 is 28.8 Å². The number of anilines is 1. The zero-order chi connectivity index (χ0) is 23.7. The van der Waals surface area contributed by atoms with Crippen LogP contribution in [0.15, 0.2) is 70.7 Å². The first-order valence-electron chi connectivity index (χ1n) is 9.34. The average Bonchev–Trinajstić information content (AvgIpc) is 3.26. The Morgan fingerprint density at radius 2 is 1.85 bits per heavy atom. The van der Waals surface area contributed by atoms with E-state index in [-0.39, 0.29) is 33.4 Å². The molecular weight excluding hydrogens is 450 g/mol. The molecular formula is C22H13N3O7S. The van der Waals surface area contributed by atoms with Gasteiger partial charge in [0.25, 0.3) is 17.5 Å². The van der Waals surface area contributed by atoms with Gasteiger partial charge in [0.15, 0.2) is 5.11 Å². The molecule has 33 heavy (non-hydrogen) atoms. The summed E-state index contributed by atoms with van der Waals surface area (Å²) in [6.07, 6.45) is 1.24. The van der Waals surface area contributed by atoms with E-state index in [2.05, 4.69) is 5.32 Å². The molecule has 0 spiro atoms. The predicted octanol–water partition coefficient (Wildman–Crippen LogP) is 3.38. The number of aromatic carboxylic acids is 1. The minimum Gasteiger partial charge on any atom is -0.478 e. The molecule has 0 aliphatic carbocycles. The fourth-order valence-electron chi connectivity index (χ4n) is 3.15. The normalized spacial score (nSPS) is 15.0. The van der Waals surface area contributed by atoms with E-state index in [9.17, 15) is 24.5 Å². The van der Waals surface area contributed by atoms with Crippen LogP contribution in [0.2, 0.25) is 0 Å². The fraction of sp³-hybridized carbons (Fsp3) is 0. The van der Waals surface area contributed by atoms with Crippen molar-refractivity contribution in [2.75, 3.05) is 4.90 Å². The van der Waals surface area contributed by atoms with Gasteiger partial charge in [-0.3, -0.25) is 29.9 Å². The van der Waals surface area contributed by atoms with Gasteiger partial charge in [-0.1, -0.05) is 12.1 Å². The number of nitro groups is 1. The number of benzene rings is 2. The van der Waals surface area contributed by atoms with Gasteiger partial charge in [0.1, 0.15) is 17.1 Å². The average molecular weight is 463 g/mol. The molecule has 0 bridgehead atoms. The van der Waals surface area contributed by atoms with Crippen molar-refractivity contribution in [2.45, 2.75) is 0 Å². The molecule has 3 aromatic rings. The Morgan fingerprint density at radius 3 is 2.52 bits per heavy atom. The van der Waals surface area contributed by atoms with Gasteiger partial charge >= 0.3 is 5.97 Å². The molecule has 2 aromatic carbocycles. The van der Waals surface area contributed by atoms with E-state index in [1.807, 2.05) is 0 Å². The topological polar surface area (TPSA) is 143 Å². The molecule has 0 saturated carbocycles. The van der Waals surface area contributed by atoms with Crippen LogP contribution in [0.5, 0.6) is 0 Å².